The van der Waals surface area contributed by atoms with Gasteiger partial charge in [-0.05, 0) is 24.6 Å². The third kappa shape index (κ3) is 4.89. The van der Waals surface area contributed by atoms with Gasteiger partial charge in [-0.15, -0.1) is 0 Å². The van der Waals surface area contributed by atoms with Crippen molar-refractivity contribution in [3.05, 3.63) is 35.7 Å². The van der Waals surface area contributed by atoms with E-state index in [0.717, 1.165) is 6.08 Å². The summed E-state index contributed by atoms with van der Waals surface area (Å²) in [4.78, 5) is 27.7. The lowest BCUT2D eigenvalue weighted by molar-refractivity contribution is -0.131. The fourth-order valence-corrected chi connectivity index (χ4v) is 1.53. The second-order valence-corrected chi connectivity index (χ2v) is 4.21. The Labute approximate surface area is 111 Å². The lowest BCUT2D eigenvalue weighted by atomic mass is 10.1. The van der Waals surface area contributed by atoms with Gasteiger partial charge in [0, 0.05) is 32.1 Å². The molecule has 0 saturated heterocycles. The van der Waals surface area contributed by atoms with Crippen LogP contribution in [0.25, 0.3) is 6.08 Å². The number of hydrogen-bond donors (Lipinski definition) is 2. The number of carboxylic acids is 1. The van der Waals surface area contributed by atoms with Crippen LogP contribution in [0, 0.1) is 0 Å². The number of nitrogens with zero attached hydrogens (tertiary/aromatic N) is 2. The molecule has 6 heteroatoms. The van der Waals surface area contributed by atoms with E-state index in [2.05, 4.69) is 4.98 Å². The molecule has 1 unspecified atom stereocenters. The number of likely N-dealkylation sites (N-methyl/N-ethyl adjacent to an activating group) is 1. The van der Waals surface area contributed by atoms with Gasteiger partial charge < -0.3 is 15.1 Å². The predicted octanol–water partition coefficient (Wildman–Crippen LogP) is 0.632. The molecule has 0 radical (unpaired) electrons. The Kier molecular flexibility index (Phi) is 5.20. The number of carbonyl (C=O) groups excluding carboxylic acids is 1. The molecule has 0 aliphatic heterocycles. The van der Waals surface area contributed by atoms with Gasteiger partial charge >= 0.3 is 5.97 Å². The van der Waals surface area contributed by atoms with Crippen LogP contribution >= 0.6 is 0 Å². The molecule has 0 aliphatic rings. The highest BCUT2D eigenvalue weighted by molar-refractivity contribution is 5.94. The molecule has 6 nitrogen and oxygen atoms in total. The molecule has 1 amide bonds. The third-order valence-corrected chi connectivity index (χ3v) is 2.31. The van der Waals surface area contributed by atoms with E-state index < -0.39 is 12.1 Å². The molecule has 102 valence electrons. The Morgan fingerprint density at radius 3 is 2.74 bits per heavy atom. The number of rotatable bonds is 5. The Morgan fingerprint density at radius 2 is 2.16 bits per heavy atom. The molecular formula is C13H16N2O4. The van der Waals surface area contributed by atoms with Gasteiger partial charge in [0.1, 0.15) is 0 Å². The highest BCUT2D eigenvalue weighted by atomic mass is 16.4. The SMILES string of the molecule is CC(O)CN(C)C(=O)c1cncc(C=CC(=O)O)c1. The average Bonchev–Trinajstić information content (AvgIpc) is 2.35. The summed E-state index contributed by atoms with van der Waals surface area (Å²) in [6.07, 6.45) is 4.59. The molecule has 1 aromatic rings. The van der Waals surface area contributed by atoms with Gasteiger partial charge in [-0.1, -0.05) is 0 Å². The fourth-order valence-electron chi connectivity index (χ4n) is 1.53. The monoisotopic (exact) mass is 264 g/mol. The minimum atomic E-state index is -1.07. The van der Waals surface area contributed by atoms with Crippen LogP contribution in [-0.4, -0.2) is 51.7 Å². The molecule has 0 aromatic carbocycles. The van der Waals surface area contributed by atoms with Crippen molar-refractivity contribution in [1.29, 1.82) is 0 Å². The highest BCUT2D eigenvalue weighted by Gasteiger charge is 2.13. The number of amides is 1. The van der Waals surface area contributed by atoms with Crippen molar-refractivity contribution in [1.82, 2.24) is 9.88 Å². The van der Waals surface area contributed by atoms with E-state index in [4.69, 9.17) is 5.11 Å². The van der Waals surface area contributed by atoms with Crippen LogP contribution in [0.3, 0.4) is 0 Å². The van der Waals surface area contributed by atoms with E-state index in [9.17, 15) is 14.7 Å². The molecule has 1 aromatic heterocycles. The summed E-state index contributed by atoms with van der Waals surface area (Å²) in [6, 6.07) is 1.55. The molecule has 0 saturated carbocycles. The maximum absolute atomic E-state index is 12.0. The predicted molar refractivity (Wildman–Crippen MR) is 69.5 cm³/mol. The Bertz CT molecular complexity index is 497. The minimum absolute atomic E-state index is 0.216. The zero-order valence-electron chi connectivity index (χ0n) is 10.8. The summed E-state index contributed by atoms with van der Waals surface area (Å²) >= 11 is 0. The summed E-state index contributed by atoms with van der Waals surface area (Å²) in [5.74, 6) is -1.35. The topological polar surface area (TPSA) is 90.7 Å². The Balaban J connectivity index is 2.86. The Morgan fingerprint density at radius 1 is 1.47 bits per heavy atom. The molecule has 1 heterocycles. The quantitative estimate of drug-likeness (QED) is 0.761. The summed E-state index contributed by atoms with van der Waals surface area (Å²) in [5.41, 5.74) is 0.870. The number of hydrogen-bond acceptors (Lipinski definition) is 4. The number of aliphatic hydroxyl groups excluding tert-OH is 1. The average molecular weight is 264 g/mol. The number of pyridine rings is 1. The molecule has 0 bridgehead atoms. The number of aliphatic carboxylic acids is 1. The highest BCUT2D eigenvalue weighted by Crippen LogP contribution is 2.08. The first-order valence-corrected chi connectivity index (χ1v) is 5.69. The summed E-state index contributed by atoms with van der Waals surface area (Å²) in [6.45, 7) is 1.81. The van der Waals surface area contributed by atoms with Crippen molar-refractivity contribution in [3.8, 4) is 0 Å². The molecule has 0 aliphatic carbocycles. The molecule has 19 heavy (non-hydrogen) atoms. The molecule has 1 atom stereocenters. The minimum Gasteiger partial charge on any atom is -0.478 e. The van der Waals surface area contributed by atoms with Crippen LogP contribution in [0.5, 0.6) is 0 Å². The van der Waals surface area contributed by atoms with Crippen LogP contribution < -0.4 is 0 Å². The number of carbonyl (C=O) groups is 2. The first-order chi connectivity index (χ1) is 8.90. The lowest BCUT2D eigenvalue weighted by Crippen LogP contribution is -2.33. The first kappa shape index (κ1) is 14.8. The standard InChI is InChI=1S/C13H16N2O4/c1-9(16)8-15(2)13(19)11-5-10(6-14-7-11)3-4-12(17)18/h3-7,9,16H,8H2,1-2H3,(H,17,18). The van der Waals surface area contributed by atoms with Crippen LogP contribution in [0.15, 0.2) is 24.5 Å². The second-order valence-electron chi connectivity index (χ2n) is 4.21. The summed E-state index contributed by atoms with van der Waals surface area (Å²) < 4.78 is 0. The zero-order chi connectivity index (χ0) is 14.4. The molecule has 0 spiro atoms. The maximum atomic E-state index is 12.0. The van der Waals surface area contributed by atoms with E-state index in [1.165, 1.54) is 23.4 Å². The Hall–Kier alpha value is -2.21. The molecular weight excluding hydrogens is 248 g/mol. The lowest BCUT2D eigenvalue weighted by Gasteiger charge is -2.18. The van der Waals surface area contributed by atoms with Crippen molar-refractivity contribution >= 4 is 18.0 Å². The molecule has 2 N–H and O–H groups in total. The van der Waals surface area contributed by atoms with Crippen molar-refractivity contribution < 1.29 is 19.8 Å². The molecule has 0 fully saturated rings. The van der Waals surface area contributed by atoms with Crippen LogP contribution in [0.4, 0.5) is 0 Å². The number of carboxylic acid groups (broad SMARTS) is 1. The van der Waals surface area contributed by atoms with Gasteiger partial charge in [-0.25, -0.2) is 4.79 Å². The van der Waals surface area contributed by atoms with E-state index in [1.807, 2.05) is 0 Å². The smallest absolute Gasteiger partial charge is 0.328 e. The van der Waals surface area contributed by atoms with E-state index >= 15 is 0 Å². The van der Waals surface area contributed by atoms with E-state index in [0.29, 0.717) is 11.1 Å². The molecule has 1 rings (SSSR count). The van der Waals surface area contributed by atoms with Crippen molar-refractivity contribution in [2.75, 3.05) is 13.6 Å². The third-order valence-electron chi connectivity index (χ3n) is 2.31. The largest absolute Gasteiger partial charge is 0.478 e. The van der Waals surface area contributed by atoms with Gasteiger partial charge in [-0.2, -0.15) is 0 Å². The maximum Gasteiger partial charge on any atom is 0.328 e. The van der Waals surface area contributed by atoms with Gasteiger partial charge in [0.2, 0.25) is 0 Å². The number of aliphatic hydroxyl groups is 1. The summed E-state index contributed by atoms with van der Waals surface area (Å²) in [7, 11) is 1.58. The zero-order valence-corrected chi connectivity index (χ0v) is 10.8. The van der Waals surface area contributed by atoms with Crippen LogP contribution in [0.1, 0.15) is 22.8 Å². The van der Waals surface area contributed by atoms with Gasteiger partial charge in [0.05, 0.1) is 11.7 Å². The fraction of sp³-hybridized carbons (Fsp3) is 0.308. The second kappa shape index (κ2) is 6.65. The van der Waals surface area contributed by atoms with Crippen molar-refractivity contribution in [2.24, 2.45) is 0 Å². The van der Waals surface area contributed by atoms with Crippen molar-refractivity contribution in [2.45, 2.75) is 13.0 Å². The van der Waals surface area contributed by atoms with E-state index in [1.54, 1.807) is 20.0 Å². The van der Waals surface area contributed by atoms with Crippen LogP contribution in [-0.2, 0) is 4.79 Å². The van der Waals surface area contributed by atoms with Gasteiger partial charge in [0.15, 0.2) is 0 Å². The van der Waals surface area contributed by atoms with E-state index in [-0.39, 0.29) is 12.5 Å². The van der Waals surface area contributed by atoms with Gasteiger partial charge in [0.25, 0.3) is 5.91 Å². The normalized spacial score (nSPS) is 12.4. The summed E-state index contributed by atoms with van der Waals surface area (Å²) in [5, 5.41) is 17.8. The number of aromatic nitrogens is 1. The van der Waals surface area contributed by atoms with Crippen LogP contribution in [0.2, 0.25) is 0 Å². The van der Waals surface area contributed by atoms with Crippen molar-refractivity contribution in [3.63, 3.8) is 0 Å². The van der Waals surface area contributed by atoms with Gasteiger partial charge in [-0.3, -0.25) is 9.78 Å². The first-order valence-electron chi connectivity index (χ1n) is 5.69.